The van der Waals surface area contributed by atoms with Crippen LogP contribution in [0.15, 0.2) is 55.0 Å². The third kappa shape index (κ3) is 4.88. The number of hydrogen-bond donors (Lipinski definition) is 4. The van der Waals surface area contributed by atoms with Crippen LogP contribution >= 0.6 is 0 Å². The topological polar surface area (TPSA) is 116 Å². The van der Waals surface area contributed by atoms with Crippen molar-refractivity contribution in [3.05, 3.63) is 71.9 Å². The van der Waals surface area contributed by atoms with Gasteiger partial charge in [-0.15, -0.1) is 0 Å². The SMILES string of the molecule is Cc1cc(Nc2cnc(NC(=O)NC(C)c3ccccn3)cc2C=N)ccn1. The Balaban J connectivity index is 1.67. The average molecular weight is 375 g/mol. The highest BCUT2D eigenvalue weighted by molar-refractivity contribution is 5.92. The van der Waals surface area contributed by atoms with E-state index in [0.29, 0.717) is 17.1 Å². The van der Waals surface area contributed by atoms with Gasteiger partial charge in [0.1, 0.15) is 5.82 Å². The summed E-state index contributed by atoms with van der Waals surface area (Å²) in [6.07, 6.45) is 6.17. The fraction of sp³-hybridized carbons (Fsp3) is 0.150. The van der Waals surface area contributed by atoms with E-state index >= 15 is 0 Å². The zero-order valence-corrected chi connectivity index (χ0v) is 15.6. The van der Waals surface area contributed by atoms with Crippen molar-refractivity contribution in [2.45, 2.75) is 19.9 Å². The second-order valence-electron chi connectivity index (χ2n) is 6.19. The van der Waals surface area contributed by atoms with Gasteiger partial charge in [0, 0.05) is 35.6 Å². The van der Waals surface area contributed by atoms with Gasteiger partial charge >= 0.3 is 6.03 Å². The first-order valence-corrected chi connectivity index (χ1v) is 8.74. The third-order valence-corrected chi connectivity index (χ3v) is 3.99. The molecule has 2 amide bonds. The van der Waals surface area contributed by atoms with Crippen molar-refractivity contribution < 1.29 is 4.79 Å². The lowest BCUT2D eigenvalue weighted by Gasteiger charge is -2.15. The fourth-order valence-corrected chi connectivity index (χ4v) is 2.60. The molecule has 3 heterocycles. The Morgan fingerprint density at radius 3 is 2.71 bits per heavy atom. The minimum atomic E-state index is -0.396. The summed E-state index contributed by atoms with van der Waals surface area (Å²) in [6, 6.07) is 10.2. The van der Waals surface area contributed by atoms with Crippen molar-refractivity contribution in [2.24, 2.45) is 0 Å². The van der Waals surface area contributed by atoms with Gasteiger partial charge in [0.25, 0.3) is 0 Å². The Morgan fingerprint density at radius 2 is 2.00 bits per heavy atom. The van der Waals surface area contributed by atoms with E-state index in [2.05, 4.69) is 30.9 Å². The predicted octanol–water partition coefficient (Wildman–Crippen LogP) is 3.80. The van der Waals surface area contributed by atoms with E-state index < -0.39 is 6.03 Å². The smallest absolute Gasteiger partial charge is 0.320 e. The van der Waals surface area contributed by atoms with Crippen LogP contribution in [0.4, 0.5) is 22.0 Å². The van der Waals surface area contributed by atoms with Crippen molar-refractivity contribution in [1.82, 2.24) is 20.3 Å². The van der Waals surface area contributed by atoms with Crippen LogP contribution in [-0.2, 0) is 0 Å². The molecule has 0 aliphatic rings. The molecule has 3 rings (SSSR count). The molecule has 4 N–H and O–H groups in total. The molecule has 8 nitrogen and oxygen atoms in total. The quantitative estimate of drug-likeness (QED) is 0.489. The van der Waals surface area contributed by atoms with Crippen LogP contribution in [0.5, 0.6) is 0 Å². The van der Waals surface area contributed by atoms with E-state index in [9.17, 15) is 4.79 Å². The summed E-state index contributed by atoms with van der Waals surface area (Å²) in [5, 5.41) is 16.4. The summed E-state index contributed by atoms with van der Waals surface area (Å²) in [4.78, 5) is 24.9. The third-order valence-electron chi connectivity index (χ3n) is 3.99. The van der Waals surface area contributed by atoms with Gasteiger partial charge in [-0.3, -0.25) is 15.3 Å². The monoisotopic (exact) mass is 375 g/mol. The molecule has 8 heteroatoms. The van der Waals surface area contributed by atoms with Gasteiger partial charge < -0.3 is 16.0 Å². The maximum atomic E-state index is 12.2. The summed E-state index contributed by atoms with van der Waals surface area (Å²) in [7, 11) is 0. The molecule has 3 aromatic heterocycles. The molecule has 28 heavy (non-hydrogen) atoms. The molecule has 0 saturated carbocycles. The van der Waals surface area contributed by atoms with Crippen LogP contribution in [-0.4, -0.2) is 27.2 Å². The van der Waals surface area contributed by atoms with Crippen LogP contribution in [0.1, 0.15) is 29.9 Å². The van der Waals surface area contributed by atoms with Gasteiger partial charge in [0.15, 0.2) is 0 Å². The number of aryl methyl sites for hydroxylation is 1. The number of pyridine rings is 3. The molecule has 0 aliphatic carbocycles. The van der Waals surface area contributed by atoms with Gasteiger partial charge in [0.2, 0.25) is 0 Å². The molecule has 0 aliphatic heterocycles. The summed E-state index contributed by atoms with van der Waals surface area (Å²) in [5.74, 6) is 0.348. The normalized spacial score (nSPS) is 11.4. The standard InChI is InChI=1S/C20H21N7O/c1-13-9-16(6-8-22-13)26-18-12-24-19(10-15(18)11-21)27-20(28)25-14(2)17-5-3-4-7-23-17/h3-12,14,21H,1-2H3,(H,22,26)(H2,24,25,27,28). The first-order chi connectivity index (χ1) is 13.5. The summed E-state index contributed by atoms with van der Waals surface area (Å²) in [5.41, 5.74) is 3.75. The maximum absolute atomic E-state index is 12.2. The Kier molecular flexibility index (Phi) is 5.91. The van der Waals surface area contributed by atoms with E-state index in [1.54, 1.807) is 24.7 Å². The Hall–Kier alpha value is -3.81. The second-order valence-corrected chi connectivity index (χ2v) is 6.19. The number of carbonyl (C=O) groups is 1. The number of amides is 2. The number of nitrogens with one attached hydrogen (secondary N) is 4. The van der Waals surface area contributed by atoms with E-state index in [1.165, 1.54) is 6.21 Å². The number of rotatable bonds is 6. The summed E-state index contributed by atoms with van der Waals surface area (Å²) >= 11 is 0. The number of carbonyl (C=O) groups excluding carboxylic acids is 1. The molecule has 142 valence electrons. The number of nitrogens with zero attached hydrogens (tertiary/aromatic N) is 3. The molecule has 0 aromatic carbocycles. The molecule has 1 unspecified atom stereocenters. The van der Waals surface area contributed by atoms with Crippen molar-refractivity contribution in [3.63, 3.8) is 0 Å². The van der Waals surface area contributed by atoms with Crippen molar-refractivity contribution in [1.29, 1.82) is 5.41 Å². The van der Waals surface area contributed by atoms with E-state index in [4.69, 9.17) is 5.41 Å². The van der Waals surface area contributed by atoms with Gasteiger partial charge in [-0.1, -0.05) is 6.07 Å². The fourth-order valence-electron chi connectivity index (χ4n) is 2.60. The first-order valence-electron chi connectivity index (χ1n) is 8.74. The Bertz CT molecular complexity index is 975. The molecule has 0 spiro atoms. The highest BCUT2D eigenvalue weighted by Crippen LogP contribution is 2.21. The Labute approximate surface area is 163 Å². The van der Waals surface area contributed by atoms with Crippen molar-refractivity contribution in [3.8, 4) is 0 Å². The lowest BCUT2D eigenvalue weighted by molar-refractivity contribution is 0.249. The Morgan fingerprint density at radius 1 is 1.14 bits per heavy atom. The number of anilines is 3. The number of aromatic nitrogens is 3. The second kappa shape index (κ2) is 8.72. The largest absolute Gasteiger partial charge is 0.354 e. The van der Waals surface area contributed by atoms with Crippen LogP contribution in [0.3, 0.4) is 0 Å². The van der Waals surface area contributed by atoms with Crippen LogP contribution < -0.4 is 16.0 Å². The van der Waals surface area contributed by atoms with Crippen molar-refractivity contribution in [2.75, 3.05) is 10.6 Å². The average Bonchev–Trinajstić information content (AvgIpc) is 2.69. The predicted molar refractivity (Wildman–Crippen MR) is 109 cm³/mol. The molecule has 0 fully saturated rings. The molecule has 0 saturated heterocycles. The van der Waals surface area contributed by atoms with Crippen LogP contribution in [0.2, 0.25) is 0 Å². The minimum Gasteiger partial charge on any atom is -0.354 e. The molecule has 3 aromatic rings. The van der Waals surface area contributed by atoms with Crippen LogP contribution in [0, 0.1) is 12.3 Å². The van der Waals surface area contributed by atoms with E-state index in [-0.39, 0.29) is 6.04 Å². The lowest BCUT2D eigenvalue weighted by atomic mass is 10.2. The molecule has 1 atom stereocenters. The zero-order valence-electron chi connectivity index (χ0n) is 15.6. The van der Waals surface area contributed by atoms with E-state index in [1.807, 2.05) is 44.2 Å². The first kappa shape index (κ1) is 19.0. The highest BCUT2D eigenvalue weighted by Gasteiger charge is 2.12. The van der Waals surface area contributed by atoms with Gasteiger partial charge in [-0.2, -0.15) is 0 Å². The molecule has 0 bridgehead atoms. The van der Waals surface area contributed by atoms with Gasteiger partial charge in [-0.05, 0) is 44.2 Å². The number of urea groups is 1. The molecule has 0 radical (unpaired) electrons. The van der Waals surface area contributed by atoms with Crippen molar-refractivity contribution >= 4 is 29.4 Å². The zero-order chi connectivity index (χ0) is 19.9. The minimum absolute atomic E-state index is 0.251. The lowest BCUT2D eigenvalue weighted by Crippen LogP contribution is -2.31. The van der Waals surface area contributed by atoms with Gasteiger partial charge in [-0.25, -0.2) is 9.78 Å². The van der Waals surface area contributed by atoms with Crippen LogP contribution in [0.25, 0.3) is 0 Å². The summed E-state index contributed by atoms with van der Waals surface area (Å²) < 4.78 is 0. The molecular weight excluding hydrogens is 354 g/mol. The van der Waals surface area contributed by atoms with Gasteiger partial charge in [0.05, 0.1) is 23.6 Å². The summed E-state index contributed by atoms with van der Waals surface area (Å²) in [6.45, 7) is 3.75. The molecular formula is C20H21N7O. The number of hydrogen-bond acceptors (Lipinski definition) is 6. The highest BCUT2D eigenvalue weighted by atomic mass is 16.2. The van der Waals surface area contributed by atoms with E-state index in [0.717, 1.165) is 17.1 Å². The maximum Gasteiger partial charge on any atom is 0.320 e.